The second-order valence-electron chi connectivity index (χ2n) is 4.97. The first-order valence-corrected chi connectivity index (χ1v) is 7.56. The number of rotatable bonds is 12. The van der Waals surface area contributed by atoms with Crippen molar-refractivity contribution in [2.45, 2.75) is 32.7 Å². The molecule has 0 atom stereocenters. The summed E-state index contributed by atoms with van der Waals surface area (Å²) < 4.78 is 10.7. The number of hydrogen-bond donors (Lipinski definition) is 0. The lowest BCUT2D eigenvalue weighted by molar-refractivity contribution is 0.0511. The molecule has 0 N–H and O–H groups in total. The topological polar surface area (TPSA) is 34.6 Å². The number of unbranched alkanes of at least 4 members (excludes halogenated alkanes) is 2. The van der Waals surface area contributed by atoms with E-state index >= 15 is 0 Å². The summed E-state index contributed by atoms with van der Waals surface area (Å²) in [5.74, 6) is 0. The zero-order valence-electron chi connectivity index (χ0n) is 12.9. The van der Waals surface area contributed by atoms with Crippen LogP contribution in [0.2, 0.25) is 0 Å². The van der Waals surface area contributed by atoms with Crippen LogP contribution in [0.25, 0.3) is 0 Å². The first-order chi connectivity index (χ1) is 9.83. The lowest BCUT2D eigenvalue weighted by Crippen LogP contribution is -2.19. The maximum Gasteiger partial charge on any atom is 0.0700 e. The second kappa shape index (κ2) is 11.8. The van der Waals surface area contributed by atoms with E-state index in [1.165, 1.54) is 18.4 Å². The molecule has 0 saturated carbocycles. The largest absolute Gasteiger partial charge is 0.379 e. The molecule has 1 heterocycles. The summed E-state index contributed by atoms with van der Waals surface area (Å²) in [6.45, 7) is 7.14. The highest BCUT2D eigenvalue weighted by atomic mass is 16.5. The third-order valence-electron chi connectivity index (χ3n) is 3.08. The van der Waals surface area contributed by atoms with Crippen molar-refractivity contribution in [2.24, 2.45) is 0 Å². The van der Waals surface area contributed by atoms with Crippen LogP contribution in [0.15, 0.2) is 24.5 Å². The van der Waals surface area contributed by atoms with E-state index in [4.69, 9.17) is 9.47 Å². The van der Waals surface area contributed by atoms with Gasteiger partial charge in [0.15, 0.2) is 0 Å². The quantitative estimate of drug-likeness (QED) is 0.551. The van der Waals surface area contributed by atoms with Gasteiger partial charge in [0.25, 0.3) is 0 Å². The van der Waals surface area contributed by atoms with Gasteiger partial charge in [-0.05, 0) is 51.4 Å². The predicted molar refractivity (Wildman–Crippen MR) is 81.7 cm³/mol. The van der Waals surface area contributed by atoms with Crippen LogP contribution in [-0.4, -0.2) is 49.9 Å². The van der Waals surface area contributed by atoms with Crippen LogP contribution in [-0.2, 0) is 16.0 Å². The number of hydrogen-bond acceptors (Lipinski definition) is 4. The Labute approximate surface area is 123 Å². The maximum absolute atomic E-state index is 5.49. The minimum Gasteiger partial charge on any atom is -0.379 e. The lowest BCUT2D eigenvalue weighted by Gasteiger charge is -2.16. The summed E-state index contributed by atoms with van der Waals surface area (Å²) in [6, 6.07) is 4.11. The summed E-state index contributed by atoms with van der Waals surface area (Å²) in [6.07, 6.45) is 7.31. The average molecular weight is 280 g/mol. The number of nitrogens with zero attached hydrogens (tertiary/aromatic N) is 2. The van der Waals surface area contributed by atoms with Crippen LogP contribution in [0.1, 0.15) is 31.7 Å². The molecule has 1 aromatic heterocycles. The van der Waals surface area contributed by atoms with Gasteiger partial charge in [-0.25, -0.2) is 0 Å². The van der Waals surface area contributed by atoms with E-state index in [0.29, 0.717) is 6.61 Å². The Balaban J connectivity index is 1.91. The van der Waals surface area contributed by atoms with E-state index in [2.05, 4.69) is 23.0 Å². The third kappa shape index (κ3) is 9.02. The molecule has 0 unspecified atom stereocenters. The molecule has 0 bridgehead atoms. The molecule has 114 valence electrons. The highest BCUT2D eigenvalue weighted by Gasteiger charge is 2.00. The van der Waals surface area contributed by atoms with Gasteiger partial charge in [0.05, 0.1) is 13.2 Å². The van der Waals surface area contributed by atoms with Crippen LogP contribution in [0.3, 0.4) is 0 Å². The van der Waals surface area contributed by atoms with Gasteiger partial charge in [0.1, 0.15) is 0 Å². The molecule has 0 saturated heterocycles. The molecule has 1 rings (SSSR count). The van der Waals surface area contributed by atoms with Crippen molar-refractivity contribution in [3.05, 3.63) is 30.1 Å². The lowest BCUT2D eigenvalue weighted by atomic mass is 10.2. The molecule has 4 heteroatoms. The van der Waals surface area contributed by atoms with Crippen molar-refractivity contribution in [1.29, 1.82) is 0 Å². The Morgan fingerprint density at radius 3 is 2.70 bits per heavy atom. The van der Waals surface area contributed by atoms with Crippen molar-refractivity contribution in [3.8, 4) is 0 Å². The Hall–Kier alpha value is -0.970. The fraction of sp³-hybridized carbons (Fsp3) is 0.688. The van der Waals surface area contributed by atoms with Crippen molar-refractivity contribution in [2.75, 3.05) is 40.0 Å². The number of ether oxygens (including phenoxy) is 2. The van der Waals surface area contributed by atoms with E-state index in [9.17, 15) is 0 Å². The van der Waals surface area contributed by atoms with E-state index in [1.54, 1.807) is 0 Å². The van der Waals surface area contributed by atoms with Crippen molar-refractivity contribution >= 4 is 0 Å². The van der Waals surface area contributed by atoms with Gasteiger partial charge in [-0.1, -0.05) is 6.07 Å². The molecule has 0 aromatic carbocycles. The van der Waals surface area contributed by atoms with Crippen molar-refractivity contribution < 1.29 is 9.47 Å². The van der Waals surface area contributed by atoms with E-state index < -0.39 is 0 Å². The summed E-state index contributed by atoms with van der Waals surface area (Å²) in [5, 5.41) is 0. The Morgan fingerprint density at radius 2 is 1.95 bits per heavy atom. The standard InChI is InChI=1S/C16H28N2O2/c1-3-19-12-13-20-11-6-4-5-10-18(2)15-16-8-7-9-17-14-16/h7-9,14H,3-6,10-13,15H2,1-2H3. The zero-order chi connectivity index (χ0) is 14.5. The van der Waals surface area contributed by atoms with Crippen LogP contribution in [0.4, 0.5) is 0 Å². The first-order valence-electron chi connectivity index (χ1n) is 7.56. The number of pyridine rings is 1. The summed E-state index contributed by atoms with van der Waals surface area (Å²) in [4.78, 5) is 6.48. The molecule has 0 radical (unpaired) electrons. The SMILES string of the molecule is CCOCCOCCCCCN(C)Cc1cccnc1. The molecule has 0 aliphatic rings. The fourth-order valence-electron chi connectivity index (χ4n) is 2.01. The molecular formula is C16H28N2O2. The highest BCUT2D eigenvalue weighted by Crippen LogP contribution is 2.03. The van der Waals surface area contributed by atoms with Gasteiger partial charge in [-0.2, -0.15) is 0 Å². The van der Waals surface area contributed by atoms with Gasteiger partial charge < -0.3 is 14.4 Å². The van der Waals surface area contributed by atoms with Gasteiger partial charge in [0, 0.05) is 32.2 Å². The van der Waals surface area contributed by atoms with Crippen LogP contribution in [0, 0.1) is 0 Å². The third-order valence-corrected chi connectivity index (χ3v) is 3.08. The Bertz CT molecular complexity index is 320. The van der Waals surface area contributed by atoms with Crippen LogP contribution < -0.4 is 0 Å². The Kier molecular flexibility index (Phi) is 10.1. The van der Waals surface area contributed by atoms with Crippen molar-refractivity contribution in [3.63, 3.8) is 0 Å². The minimum absolute atomic E-state index is 0.713. The second-order valence-corrected chi connectivity index (χ2v) is 4.97. The maximum atomic E-state index is 5.49. The molecule has 0 fully saturated rings. The van der Waals surface area contributed by atoms with E-state index in [0.717, 1.165) is 39.3 Å². The summed E-state index contributed by atoms with van der Waals surface area (Å²) in [7, 11) is 2.16. The fourth-order valence-corrected chi connectivity index (χ4v) is 2.01. The average Bonchev–Trinajstić information content (AvgIpc) is 2.46. The predicted octanol–water partition coefficient (Wildman–Crippen LogP) is 2.74. The molecule has 0 amide bonds. The Morgan fingerprint density at radius 1 is 1.10 bits per heavy atom. The van der Waals surface area contributed by atoms with E-state index in [-0.39, 0.29) is 0 Å². The minimum atomic E-state index is 0.713. The highest BCUT2D eigenvalue weighted by molar-refractivity contribution is 5.07. The molecule has 20 heavy (non-hydrogen) atoms. The molecule has 4 nitrogen and oxygen atoms in total. The molecular weight excluding hydrogens is 252 g/mol. The first kappa shape index (κ1) is 17.1. The smallest absolute Gasteiger partial charge is 0.0700 e. The number of aromatic nitrogens is 1. The normalized spacial score (nSPS) is 11.2. The monoisotopic (exact) mass is 280 g/mol. The van der Waals surface area contributed by atoms with Crippen LogP contribution >= 0.6 is 0 Å². The van der Waals surface area contributed by atoms with Gasteiger partial charge in [0.2, 0.25) is 0 Å². The van der Waals surface area contributed by atoms with Crippen LogP contribution in [0.5, 0.6) is 0 Å². The molecule has 1 aromatic rings. The molecule has 0 aliphatic heterocycles. The van der Waals surface area contributed by atoms with Gasteiger partial charge in [-0.3, -0.25) is 4.98 Å². The summed E-state index contributed by atoms with van der Waals surface area (Å²) in [5.41, 5.74) is 1.27. The van der Waals surface area contributed by atoms with Gasteiger partial charge in [-0.15, -0.1) is 0 Å². The van der Waals surface area contributed by atoms with Crippen molar-refractivity contribution in [1.82, 2.24) is 9.88 Å². The van der Waals surface area contributed by atoms with E-state index in [1.807, 2.05) is 25.4 Å². The van der Waals surface area contributed by atoms with Gasteiger partial charge >= 0.3 is 0 Å². The zero-order valence-corrected chi connectivity index (χ0v) is 12.9. The summed E-state index contributed by atoms with van der Waals surface area (Å²) >= 11 is 0. The molecule has 0 spiro atoms. The molecule has 0 aliphatic carbocycles.